The van der Waals surface area contributed by atoms with Gasteiger partial charge < -0.3 is 9.32 Å². The summed E-state index contributed by atoms with van der Waals surface area (Å²) in [5.74, 6) is -0.710. The highest BCUT2D eigenvalue weighted by Crippen LogP contribution is 2.25. The smallest absolute Gasteiger partial charge is 0.290 e. The molecule has 2 aromatic carbocycles. The van der Waals surface area contributed by atoms with Crippen molar-refractivity contribution in [2.24, 2.45) is 0 Å². The van der Waals surface area contributed by atoms with Gasteiger partial charge in [-0.3, -0.25) is 9.59 Å². The normalized spacial score (nSPS) is 17.7. The van der Waals surface area contributed by atoms with E-state index >= 15 is 0 Å². The summed E-state index contributed by atoms with van der Waals surface area (Å²) in [6, 6.07) is 11.2. The van der Waals surface area contributed by atoms with Crippen molar-refractivity contribution in [3.05, 3.63) is 80.2 Å². The summed E-state index contributed by atoms with van der Waals surface area (Å²) in [7, 11) is -3.22. The SMILES string of the molecule is Cc1cc2oc(C(=O)N(Cc3cccc(Cl)c3)C3CCS(=O)(=O)C3)cc(=O)c2cc1C. The summed E-state index contributed by atoms with van der Waals surface area (Å²) in [6.45, 7) is 3.97. The van der Waals surface area contributed by atoms with E-state index in [4.69, 9.17) is 16.0 Å². The van der Waals surface area contributed by atoms with Gasteiger partial charge in [-0.15, -0.1) is 0 Å². The summed E-state index contributed by atoms with van der Waals surface area (Å²) in [5, 5.41) is 0.927. The predicted molar refractivity (Wildman–Crippen MR) is 120 cm³/mol. The summed E-state index contributed by atoms with van der Waals surface area (Å²) in [6.07, 6.45) is 0.338. The monoisotopic (exact) mass is 459 g/mol. The standard InChI is InChI=1S/C23H22ClNO5S/c1-14-8-19-20(26)11-22(30-21(19)9-15(14)2)23(27)25(18-6-7-31(28,29)13-18)12-16-4-3-5-17(24)10-16/h3-5,8-11,18H,6-7,12-13H2,1-2H3. The van der Waals surface area contributed by atoms with Crippen LogP contribution in [-0.2, 0) is 16.4 Å². The third-order valence-electron chi connectivity index (χ3n) is 5.71. The zero-order valence-electron chi connectivity index (χ0n) is 17.2. The van der Waals surface area contributed by atoms with E-state index in [0.717, 1.165) is 16.7 Å². The Kier molecular flexibility index (Phi) is 5.66. The fraction of sp³-hybridized carbons (Fsp3) is 0.304. The van der Waals surface area contributed by atoms with Gasteiger partial charge in [-0.2, -0.15) is 0 Å². The maximum absolute atomic E-state index is 13.4. The number of halogens is 1. The van der Waals surface area contributed by atoms with Gasteiger partial charge in [-0.05, 0) is 61.2 Å². The highest BCUT2D eigenvalue weighted by Gasteiger charge is 2.36. The Morgan fingerprint density at radius 2 is 1.90 bits per heavy atom. The minimum atomic E-state index is -3.22. The van der Waals surface area contributed by atoms with Gasteiger partial charge in [0.1, 0.15) is 5.58 Å². The van der Waals surface area contributed by atoms with Gasteiger partial charge in [-0.25, -0.2) is 8.42 Å². The Hall–Kier alpha value is -2.64. The first-order valence-corrected chi connectivity index (χ1v) is 12.1. The molecule has 1 fully saturated rings. The molecule has 1 aliphatic rings. The Morgan fingerprint density at radius 1 is 1.16 bits per heavy atom. The third-order valence-corrected chi connectivity index (χ3v) is 7.69. The molecule has 4 rings (SSSR count). The number of aryl methyl sites for hydroxylation is 2. The zero-order valence-corrected chi connectivity index (χ0v) is 18.8. The summed E-state index contributed by atoms with van der Waals surface area (Å²) >= 11 is 6.08. The molecular weight excluding hydrogens is 438 g/mol. The van der Waals surface area contributed by atoms with Crippen LogP contribution in [0.5, 0.6) is 0 Å². The van der Waals surface area contributed by atoms with E-state index in [1.54, 1.807) is 30.3 Å². The number of nitrogens with zero attached hydrogens (tertiary/aromatic N) is 1. The molecule has 1 saturated heterocycles. The molecule has 0 bridgehead atoms. The molecular formula is C23H22ClNO5S. The van der Waals surface area contributed by atoms with Crippen LogP contribution >= 0.6 is 11.6 Å². The van der Waals surface area contributed by atoms with Crippen molar-refractivity contribution in [3.8, 4) is 0 Å². The molecule has 162 valence electrons. The molecule has 3 aromatic rings. The fourth-order valence-corrected chi connectivity index (χ4v) is 5.82. The molecule has 0 N–H and O–H groups in total. The Labute approximate surface area is 185 Å². The van der Waals surface area contributed by atoms with Crippen molar-refractivity contribution >= 4 is 38.3 Å². The van der Waals surface area contributed by atoms with Crippen LogP contribution in [0, 0.1) is 13.8 Å². The zero-order chi connectivity index (χ0) is 22.3. The number of sulfone groups is 1. The number of rotatable bonds is 4. The molecule has 2 heterocycles. The maximum atomic E-state index is 13.4. The number of amides is 1. The average Bonchev–Trinajstić information content (AvgIpc) is 3.06. The van der Waals surface area contributed by atoms with Gasteiger partial charge in [-0.1, -0.05) is 23.7 Å². The number of hydrogen-bond donors (Lipinski definition) is 0. The largest absolute Gasteiger partial charge is 0.451 e. The lowest BCUT2D eigenvalue weighted by Crippen LogP contribution is -2.40. The van der Waals surface area contributed by atoms with E-state index in [2.05, 4.69) is 0 Å². The van der Waals surface area contributed by atoms with Crippen LogP contribution in [0.2, 0.25) is 5.02 Å². The van der Waals surface area contributed by atoms with Crippen molar-refractivity contribution in [2.45, 2.75) is 32.9 Å². The van der Waals surface area contributed by atoms with Crippen LogP contribution in [-0.4, -0.2) is 36.8 Å². The van der Waals surface area contributed by atoms with Gasteiger partial charge >= 0.3 is 0 Å². The van der Waals surface area contributed by atoms with Gasteiger partial charge in [0, 0.05) is 23.7 Å². The number of fused-ring (bicyclic) bond motifs is 1. The molecule has 31 heavy (non-hydrogen) atoms. The molecule has 1 aliphatic heterocycles. The van der Waals surface area contributed by atoms with E-state index in [9.17, 15) is 18.0 Å². The van der Waals surface area contributed by atoms with Crippen LogP contribution in [0.1, 0.15) is 33.7 Å². The van der Waals surface area contributed by atoms with Crippen LogP contribution in [0.3, 0.4) is 0 Å². The number of carbonyl (C=O) groups excluding carboxylic acids is 1. The fourth-order valence-electron chi connectivity index (χ4n) is 3.88. The van der Waals surface area contributed by atoms with E-state index < -0.39 is 21.8 Å². The highest BCUT2D eigenvalue weighted by atomic mass is 35.5. The molecule has 8 heteroatoms. The average molecular weight is 460 g/mol. The lowest BCUT2D eigenvalue weighted by atomic mass is 10.1. The molecule has 1 amide bonds. The summed E-state index contributed by atoms with van der Waals surface area (Å²) in [4.78, 5) is 27.6. The van der Waals surface area contributed by atoms with Crippen molar-refractivity contribution in [1.29, 1.82) is 0 Å². The first-order valence-electron chi connectivity index (χ1n) is 9.94. The molecule has 1 unspecified atom stereocenters. The topological polar surface area (TPSA) is 84.7 Å². The van der Waals surface area contributed by atoms with E-state index in [0.29, 0.717) is 22.4 Å². The van der Waals surface area contributed by atoms with E-state index in [1.807, 2.05) is 19.9 Å². The Bertz CT molecular complexity index is 1350. The molecule has 0 radical (unpaired) electrons. The predicted octanol–water partition coefficient (Wildman–Crippen LogP) is 3.89. The molecule has 0 aliphatic carbocycles. The Morgan fingerprint density at radius 3 is 2.58 bits per heavy atom. The van der Waals surface area contributed by atoms with Gasteiger partial charge in [0.25, 0.3) is 5.91 Å². The van der Waals surface area contributed by atoms with Crippen molar-refractivity contribution in [2.75, 3.05) is 11.5 Å². The van der Waals surface area contributed by atoms with Crippen molar-refractivity contribution in [3.63, 3.8) is 0 Å². The molecule has 6 nitrogen and oxygen atoms in total. The number of carbonyl (C=O) groups is 1. The lowest BCUT2D eigenvalue weighted by Gasteiger charge is -2.28. The molecule has 1 atom stereocenters. The second-order valence-electron chi connectivity index (χ2n) is 8.03. The van der Waals surface area contributed by atoms with E-state index in [-0.39, 0.29) is 29.2 Å². The van der Waals surface area contributed by atoms with Crippen LogP contribution < -0.4 is 5.43 Å². The molecule has 0 spiro atoms. The van der Waals surface area contributed by atoms with Gasteiger partial charge in [0.2, 0.25) is 0 Å². The second kappa shape index (κ2) is 8.13. The molecule has 1 aromatic heterocycles. The van der Waals surface area contributed by atoms with Crippen LogP contribution in [0.25, 0.3) is 11.0 Å². The van der Waals surface area contributed by atoms with Crippen molar-refractivity contribution in [1.82, 2.24) is 4.90 Å². The Balaban J connectivity index is 1.76. The minimum Gasteiger partial charge on any atom is -0.451 e. The first kappa shape index (κ1) is 21.6. The van der Waals surface area contributed by atoms with Crippen LogP contribution in [0.4, 0.5) is 0 Å². The maximum Gasteiger partial charge on any atom is 0.290 e. The lowest BCUT2D eigenvalue weighted by molar-refractivity contribution is 0.0648. The van der Waals surface area contributed by atoms with Gasteiger partial charge in [0.15, 0.2) is 21.0 Å². The minimum absolute atomic E-state index is 0.0249. The second-order valence-corrected chi connectivity index (χ2v) is 10.7. The molecule has 0 saturated carbocycles. The number of hydrogen-bond acceptors (Lipinski definition) is 5. The van der Waals surface area contributed by atoms with Crippen molar-refractivity contribution < 1.29 is 17.6 Å². The van der Waals surface area contributed by atoms with Crippen LogP contribution in [0.15, 0.2) is 51.7 Å². The first-order chi connectivity index (χ1) is 14.6. The van der Waals surface area contributed by atoms with Gasteiger partial charge in [0.05, 0.1) is 16.9 Å². The van der Waals surface area contributed by atoms with E-state index in [1.165, 1.54) is 11.0 Å². The third kappa shape index (κ3) is 4.52. The summed E-state index contributed by atoms with van der Waals surface area (Å²) < 4.78 is 30.0. The summed E-state index contributed by atoms with van der Waals surface area (Å²) in [5.41, 5.74) is 2.69. The highest BCUT2D eigenvalue weighted by molar-refractivity contribution is 7.91. The quantitative estimate of drug-likeness (QED) is 0.590. The number of benzene rings is 2.